The molecule has 29 heavy (non-hydrogen) atoms. The average molecular weight is 417 g/mol. The van der Waals surface area contributed by atoms with Gasteiger partial charge in [-0.1, -0.05) is 18.2 Å². The monoisotopic (exact) mass is 416 g/mol. The molecule has 6 nitrogen and oxygen atoms in total. The van der Waals surface area contributed by atoms with Gasteiger partial charge in [0.15, 0.2) is 0 Å². The van der Waals surface area contributed by atoms with Crippen LogP contribution in [0.4, 0.5) is 5.69 Å². The highest BCUT2D eigenvalue weighted by atomic mass is 32.2. The molecule has 1 aliphatic rings. The summed E-state index contributed by atoms with van der Waals surface area (Å²) in [6.45, 7) is 4.39. The van der Waals surface area contributed by atoms with E-state index in [1.54, 1.807) is 25.1 Å². The average Bonchev–Trinajstić information content (AvgIpc) is 2.74. The van der Waals surface area contributed by atoms with E-state index in [-0.39, 0.29) is 11.8 Å². The minimum Gasteiger partial charge on any atom is -0.497 e. The van der Waals surface area contributed by atoms with Crippen LogP contribution < -0.4 is 9.64 Å². The minimum atomic E-state index is -3.55. The van der Waals surface area contributed by atoms with E-state index in [1.807, 2.05) is 50.2 Å². The largest absolute Gasteiger partial charge is 0.497 e. The number of hydrogen-bond donors (Lipinski definition) is 0. The summed E-state index contributed by atoms with van der Waals surface area (Å²) in [6, 6.07) is 12.8. The number of sulfonamides is 1. The van der Waals surface area contributed by atoms with Crippen molar-refractivity contribution in [3.63, 3.8) is 0 Å². The van der Waals surface area contributed by atoms with Crippen LogP contribution in [0.3, 0.4) is 0 Å². The fourth-order valence-electron chi connectivity index (χ4n) is 3.69. The normalized spacial score (nSPS) is 15.9. The fraction of sp³-hybridized carbons (Fsp3) is 0.409. The zero-order valence-corrected chi connectivity index (χ0v) is 18.2. The van der Waals surface area contributed by atoms with Gasteiger partial charge < -0.3 is 9.64 Å². The highest BCUT2D eigenvalue weighted by molar-refractivity contribution is 7.89. The first-order chi connectivity index (χ1) is 13.7. The minimum absolute atomic E-state index is 0.00189. The second-order valence-corrected chi connectivity index (χ2v) is 9.45. The molecule has 2 aromatic carbocycles. The first kappa shape index (κ1) is 21.3. The van der Waals surface area contributed by atoms with Crippen molar-refractivity contribution in [2.75, 3.05) is 32.1 Å². The number of carbonyl (C=O) groups is 1. The molecule has 0 atom stereocenters. The van der Waals surface area contributed by atoms with E-state index in [2.05, 4.69) is 0 Å². The number of ether oxygens (including phenoxy) is 1. The Balaban J connectivity index is 1.69. The number of hydrogen-bond acceptors (Lipinski definition) is 4. The Hall–Kier alpha value is -2.38. The van der Waals surface area contributed by atoms with Crippen LogP contribution in [-0.2, 0) is 14.8 Å². The summed E-state index contributed by atoms with van der Waals surface area (Å²) in [7, 11) is -0.217. The molecule has 1 heterocycles. The Morgan fingerprint density at radius 2 is 1.79 bits per heavy atom. The van der Waals surface area contributed by atoms with Gasteiger partial charge in [-0.05, 0) is 56.0 Å². The Kier molecular flexibility index (Phi) is 6.29. The summed E-state index contributed by atoms with van der Waals surface area (Å²) >= 11 is 0. The summed E-state index contributed by atoms with van der Waals surface area (Å²) in [4.78, 5) is 14.9. The summed E-state index contributed by atoms with van der Waals surface area (Å²) < 4.78 is 32.9. The molecule has 0 unspecified atom stereocenters. The molecule has 0 spiro atoms. The lowest BCUT2D eigenvalue weighted by Crippen LogP contribution is -2.43. The number of carbonyl (C=O) groups excluding carboxylic acids is 1. The maximum Gasteiger partial charge on any atom is 0.243 e. The van der Waals surface area contributed by atoms with Crippen LogP contribution >= 0.6 is 0 Å². The highest BCUT2D eigenvalue weighted by Crippen LogP contribution is 2.29. The van der Waals surface area contributed by atoms with E-state index < -0.39 is 10.0 Å². The topological polar surface area (TPSA) is 66.9 Å². The number of amides is 1. The van der Waals surface area contributed by atoms with Gasteiger partial charge in [-0.2, -0.15) is 4.31 Å². The van der Waals surface area contributed by atoms with Crippen molar-refractivity contribution in [2.45, 2.75) is 31.6 Å². The number of piperidine rings is 1. The zero-order chi connectivity index (χ0) is 21.2. The van der Waals surface area contributed by atoms with Crippen LogP contribution in [0.2, 0.25) is 0 Å². The number of methoxy groups -OCH3 is 1. The first-order valence-corrected chi connectivity index (χ1v) is 11.2. The molecule has 0 saturated carbocycles. The molecule has 3 rings (SSSR count). The summed E-state index contributed by atoms with van der Waals surface area (Å²) in [5.74, 6) is 0.495. The van der Waals surface area contributed by atoms with Crippen molar-refractivity contribution >= 4 is 21.6 Å². The van der Waals surface area contributed by atoms with Gasteiger partial charge in [-0.15, -0.1) is 0 Å². The maximum atomic E-state index is 13.1. The Bertz CT molecular complexity index is 996. The van der Waals surface area contributed by atoms with E-state index >= 15 is 0 Å². The summed E-state index contributed by atoms with van der Waals surface area (Å²) in [6.07, 6.45) is 1.02. The third-order valence-corrected chi connectivity index (χ3v) is 7.58. The molecule has 0 radical (unpaired) electrons. The molecule has 2 aromatic rings. The van der Waals surface area contributed by atoms with Gasteiger partial charge in [0.25, 0.3) is 0 Å². The van der Waals surface area contributed by atoms with E-state index in [9.17, 15) is 13.2 Å². The van der Waals surface area contributed by atoms with E-state index in [4.69, 9.17) is 4.74 Å². The maximum absolute atomic E-state index is 13.1. The number of aryl methyl sites for hydroxylation is 2. The van der Waals surface area contributed by atoms with Gasteiger partial charge in [-0.25, -0.2) is 8.42 Å². The van der Waals surface area contributed by atoms with Crippen molar-refractivity contribution in [2.24, 2.45) is 5.92 Å². The molecule has 0 N–H and O–H groups in total. The predicted molar refractivity (Wildman–Crippen MR) is 114 cm³/mol. The highest BCUT2D eigenvalue weighted by Gasteiger charge is 2.34. The van der Waals surface area contributed by atoms with Gasteiger partial charge in [0.05, 0.1) is 12.0 Å². The molecule has 1 saturated heterocycles. The molecule has 7 heteroatoms. The van der Waals surface area contributed by atoms with Gasteiger partial charge in [0.2, 0.25) is 15.9 Å². The third kappa shape index (κ3) is 4.46. The molecular weight excluding hydrogens is 388 g/mol. The molecule has 1 fully saturated rings. The SMILES string of the molecule is COc1cccc(N(C)C(=O)C2CCN(S(=O)(=O)c3cc(C)ccc3C)CC2)c1. The molecule has 0 bridgehead atoms. The quantitative estimate of drug-likeness (QED) is 0.749. The number of anilines is 1. The van der Waals surface area contributed by atoms with Crippen LogP contribution in [0, 0.1) is 19.8 Å². The predicted octanol–water partition coefficient (Wildman–Crippen LogP) is 3.38. The van der Waals surface area contributed by atoms with Gasteiger partial charge in [0, 0.05) is 37.8 Å². The first-order valence-electron chi connectivity index (χ1n) is 9.73. The summed E-state index contributed by atoms with van der Waals surface area (Å²) in [5.41, 5.74) is 2.42. The van der Waals surface area contributed by atoms with Crippen molar-refractivity contribution in [1.82, 2.24) is 4.31 Å². The third-order valence-electron chi connectivity index (χ3n) is 5.54. The van der Waals surface area contributed by atoms with Crippen LogP contribution in [0.15, 0.2) is 47.4 Å². The molecule has 156 valence electrons. The second kappa shape index (κ2) is 8.55. The number of nitrogens with zero attached hydrogens (tertiary/aromatic N) is 2. The molecule has 1 aliphatic heterocycles. The number of rotatable bonds is 5. The van der Waals surface area contributed by atoms with E-state index in [0.717, 1.165) is 16.8 Å². The zero-order valence-electron chi connectivity index (χ0n) is 17.4. The van der Waals surface area contributed by atoms with Crippen molar-refractivity contribution < 1.29 is 17.9 Å². The van der Waals surface area contributed by atoms with Gasteiger partial charge >= 0.3 is 0 Å². The second-order valence-electron chi connectivity index (χ2n) is 7.55. The van der Waals surface area contributed by atoms with Gasteiger partial charge in [0.1, 0.15) is 5.75 Å². The lowest BCUT2D eigenvalue weighted by molar-refractivity contribution is -0.123. The Labute approximate surface area is 173 Å². The van der Waals surface area contributed by atoms with Crippen LogP contribution in [0.5, 0.6) is 5.75 Å². The van der Waals surface area contributed by atoms with Crippen molar-refractivity contribution in [1.29, 1.82) is 0 Å². The van der Waals surface area contributed by atoms with Gasteiger partial charge in [-0.3, -0.25) is 4.79 Å². The van der Waals surface area contributed by atoms with Crippen molar-refractivity contribution in [3.8, 4) is 5.75 Å². The Morgan fingerprint density at radius 3 is 2.45 bits per heavy atom. The molecular formula is C22H28N2O4S. The molecule has 1 amide bonds. The number of benzene rings is 2. The lowest BCUT2D eigenvalue weighted by atomic mass is 9.96. The summed E-state index contributed by atoms with van der Waals surface area (Å²) in [5, 5.41) is 0. The molecule has 0 aliphatic carbocycles. The van der Waals surface area contributed by atoms with Crippen LogP contribution in [0.1, 0.15) is 24.0 Å². The Morgan fingerprint density at radius 1 is 1.10 bits per heavy atom. The van der Waals surface area contributed by atoms with Crippen LogP contribution in [-0.4, -0.2) is 45.9 Å². The van der Waals surface area contributed by atoms with Crippen LogP contribution in [0.25, 0.3) is 0 Å². The standard InChI is InChI=1S/C22H28N2O4S/c1-16-8-9-17(2)21(14-16)29(26,27)24-12-10-18(11-13-24)22(25)23(3)19-6-5-7-20(15-19)28-4/h5-9,14-15,18H,10-13H2,1-4H3. The lowest BCUT2D eigenvalue weighted by Gasteiger charge is -2.33. The van der Waals surface area contributed by atoms with E-state index in [1.165, 1.54) is 4.31 Å². The molecule has 0 aromatic heterocycles. The smallest absolute Gasteiger partial charge is 0.243 e. The van der Waals surface area contributed by atoms with E-state index in [0.29, 0.717) is 36.6 Å². The fourth-order valence-corrected chi connectivity index (χ4v) is 5.47. The van der Waals surface area contributed by atoms with Crippen molar-refractivity contribution in [3.05, 3.63) is 53.6 Å².